The molecule has 0 atom stereocenters. The summed E-state index contributed by atoms with van der Waals surface area (Å²) in [5, 5.41) is 0. The van der Waals surface area contributed by atoms with E-state index in [1.807, 2.05) is 12.1 Å². The summed E-state index contributed by atoms with van der Waals surface area (Å²) >= 11 is 0. The molecule has 0 bridgehead atoms. The van der Waals surface area contributed by atoms with Gasteiger partial charge in [0, 0.05) is 19.2 Å². The van der Waals surface area contributed by atoms with Gasteiger partial charge < -0.3 is 4.90 Å². The fourth-order valence-corrected chi connectivity index (χ4v) is 6.71. The van der Waals surface area contributed by atoms with Crippen LogP contribution in [0.3, 0.4) is 0 Å². The Morgan fingerprint density at radius 3 is 2.31 bits per heavy atom. The SMILES string of the molecule is C=C(c1ccccc1S(=O)(=O)c1ccc(C(=O)N(C)Cc2ccc(F)cc2)cc1C)C1CCCCC1. The highest BCUT2D eigenvalue weighted by Crippen LogP contribution is 2.38. The molecule has 1 amide bonds. The molecule has 3 aromatic carbocycles. The van der Waals surface area contributed by atoms with Gasteiger partial charge in [-0.3, -0.25) is 4.79 Å². The van der Waals surface area contributed by atoms with Crippen molar-refractivity contribution in [3.05, 3.63) is 101 Å². The molecular weight excluding hydrogens is 473 g/mol. The third-order valence-electron chi connectivity index (χ3n) is 7.01. The van der Waals surface area contributed by atoms with Crippen LogP contribution in [0, 0.1) is 18.7 Å². The van der Waals surface area contributed by atoms with Crippen molar-refractivity contribution >= 4 is 21.3 Å². The molecule has 188 valence electrons. The maximum atomic E-state index is 13.8. The van der Waals surface area contributed by atoms with Crippen LogP contribution in [0.5, 0.6) is 0 Å². The lowest BCUT2D eigenvalue weighted by molar-refractivity contribution is 0.0785. The van der Waals surface area contributed by atoms with E-state index in [4.69, 9.17) is 0 Å². The van der Waals surface area contributed by atoms with Gasteiger partial charge in [0.25, 0.3) is 5.91 Å². The monoisotopic (exact) mass is 505 g/mol. The van der Waals surface area contributed by atoms with Gasteiger partial charge in [0.15, 0.2) is 0 Å². The molecule has 1 fully saturated rings. The van der Waals surface area contributed by atoms with Gasteiger partial charge in [-0.25, -0.2) is 12.8 Å². The van der Waals surface area contributed by atoms with Crippen LogP contribution in [0.4, 0.5) is 4.39 Å². The van der Waals surface area contributed by atoms with Gasteiger partial charge in [-0.1, -0.05) is 56.2 Å². The van der Waals surface area contributed by atoms with E-state index in [1.165, 1.54) is 29.5 Å². The summed E-state index contributed by atoms with van der Waals surface area (Å²) in [6.45, 7) is 6.32. The molecule has 4 rings (SSSR count). The predicted octanol–water partition coefficient (Wildman–Crippen LogP) is 6.83. The zero-order valence-electron chi connectivity index (χ0n) is 20.8. The van der Waals surface area contributed by atoms with Gasteiger partial charge in [0.2, 0.25) is 9.84 Å². The highest BCUT2D eigenvalue weighted by molar-refractivity contribution is 7.91. The molecule has 0 unspecified atom stereocenters. The molecule has 1 saturated carbocycles. The maximum absolute atomic E-state index is 13.8. The van der Waals surface area contributed by atoms with Crippen LogP contribution in [0.2, 0.25) is 0 Å². The third kappa shape index (κ3) is 5.44. The van der Waals surface area contributed by atoms with Gasteiger partial charge >= 0.3 is 0 Å². The molecule has 0 aromatic heterocycles. The lowest BCUT2D eigenvalue weighted by atomic mass is 9.82. The zero-order chi connectivity index (χ0) is 25.9. The number of nitrogens with zero attached hydrogens (tertiary/aromatic N) is 1. The molecule has 0 aliphatic heterocycles. The summed E-state index contributed by atoms with van der Waals surface area (Å²) in [6, 6.07) is 17.8. The number of halogens is 1. The van der Waals surface area contributed by atoms with Crippen molar-refractivity contribution < 1.29 is 17.6 Å². The van der Waals surface area contributed by atoms with Crippen molar-refractivity contribution in [2.75, 3.05) is 7.05 Å². The van der Waals surface area contributed by atoms with Crippen LogP contribution in [-0.2, 0) is 16.4 Å². The average Bonchev–Trinajstić information content (AvgIpc) is 2.89. The number of sulfone groups is 1. The Kier molecular flexibility index (Phi) is 7.74. The van der Waals surface area contributed by atoms with Crippen LogP contribution in [-0.4, -0.2) is 26.3 Å². The standard InChI is InChI=1S/C30H32FNO3S/c1-21-19-25(30(33)32(3)20-23-13-16-26(31)17-14-23)15-18-28(21)36(34,35)29-12-8-7-11-27(29)22(2)24-9-5-4-6-10-24/h7-8,11-19,24H,2,4-6,9-10,20H2,1,3H3. The van der Waals surface area contributed by atoms with E-state index in [0.29, 0.717) is 29.2 Å². The minimum atomic E-state index is -3.82. The molecule has 0 spiro atoms. The van der Waals surface area contributed by atoms with Gasteiger partial charge in [0.05, 0.1) is 9.79 Å². The summed E-state index contributed by atoms with van der Waals surface area (Å²) in [7, 11) is -2.16. The van der Waals surface area contributed by atoms with E-state index in [-0.39, 0.29) is 21.5 Å². The largest absolute Gasteiger partial charge is 0.337 e. The fourth-order valence-electron chi connectivity index (χ4n) is 5.00. The van der Waals surface area contributed by atoms with Crippen LogP contribution >= 0.6 is 0 Å². The van der Waals surface area contributed by atoms with Crippen molar-refractivity contribution in [1.29, 1.82) is 0 Å². The zero-order valence-corrected chi connectivity index (χ0v) is 21.7. The molecule has 0 heterocycles. The van der Waals surface area contributed by atoms with Crippen molar-refractivity contribution in [2.24, 2.45) is 5.92 Å². The molecule has 1 aliphatic rings. The smallest absolute Gasteiger partial charge is 0.253 e. The van der Waals surface area contributed by atoms with Gasteiger partial charge in [0.1, 0.15) is 5.82 Å². The van der Waals surface area contributed by atoms with Crippen LogP contribution < -0.4 is 0 Å². The number of hydrogen-bond acceptors (Lipinski definition) is 3. The summed E-state index contributed by atoms with van der Waals surface area (Å²) in [6.07, 6.45) is 5.57. The number of rotatable bonds is 7. The third-order valence-corrected chi connectivity index (χ3v) is 8.98. The molecular formula is C30H32FNO3S. The maximum Gasteiger partial charge on any atom is 0.253 e. The number of benzene rings is 3. The first-order valence-electron chi connectivity index (χ1n) is 12.3. The van der Waals surface area contributed by atoms with Gasteiger partial charge in [-0.05, 0) is 84.3 Å². The second kappa shape index (κ2) is 10.8. The van der Waals surface area contributed by atoms with E-state index >= 15 is 0 Å². The summed E-state index contributed by atoms with van der Waals surface area (Å²) in [5.74, 6) is -0.269. The van der Waals surface area contributed by atoms with Crippen molar-refractivity contribution in [2.45, 2.75) is 55.4 Å². The van der Waals surface area contributed by atoms with E-state index in [9.17, 15) is 17.6 Å². The number of allylic oxidation sites excluding steroid dienone is 1. The first-order valence-corrected chi connectivity index (χ1v) is 13.8. The van der Waals surface area contributed by atoms with Gasteiger partial charge in [-0.2, -0.15) is 0 Å². The molecule has 1 aliphatic carbocycles. The Morgan fingerprint density at radius 2 is 1.64 bits per heavy atom. The average molecular weight is 506 g/mol. The van der Waals surface area contributed by atoms with Crippen LogP contribution in [0.1, 0.15) is 59.2 Å². The molecule has 0 N–H and O–H groups in total. The summed E-state index contributed by atoms with van der Waals surface area (Å²) < 4.78 is 40.7. The van der Waals surface area contributed by atoms with Crippen molar-refractivity contribution in [3.63, 3.8) is 0 Å². The highest BCUT2D eigenvalue weighted by Gasteiger charge is 2.27. The second-order valence-corrected chi connectivity index (χ2v) is 11.5. The first kappa shape index (κ1) is 25.8. The molecule has 0 radical (unpaired) electrons. The lowest BCUT2D eigenvalue weighted by Crippen LogP contribution is -2.26. The Balaban J connectivity index is 1.59. The van der Waals surface area contributed by atoms with Crippen molar-refractivity contribution in [3.8, 4) is 0 Å². The number of carbonyl (C=O) groups is 1. The Bertz CT molecular complexity index is 1370. The highest BCUT2D eigenvalue weighted by atomic mass is 32.2. The number of amides is 1. The van der Waals surface area contributed by atoms with E-state index in [0.717, 1.165) is 36.8 Å². The van der Waals surface area contributed by atoms with E-state index in [2.05, 4.69) is 6.58 Å². The molecule has 0 saturated heterocycles. The Labute approximate surface area is 213 Å². The summed E-state index contributed by atoms with van der Waals surface area (Å²) in [5.41, 5.74) is 3.28. The lowest BCUT2D eigenvalue weighted by Gasteiger charge is -2.25. The number of hydrogen-bond donors (Lipinski definition) is 0. The molecule has 6 heteroatoms. The number of aryl methyl sites for hydroxylation is 1. The predicted molar refractivity (Wildman–Crippen MR) is 141 cm³/mol. The fraction of sp³-hybridized carbons (Fsp3) is 0.300. The summed E-state index contributed by atoms with van der Waals surface area (Å²) in [4.78, 5) is 15.0. The van der Waals surface area contributed by atoms with E-state index < -0.39 is 9.84 Å². The Hall–Kier alpha value is -3.25. The molecule has 36 heavy (non-hydrogen) atoms. The quantitative estimate of drug-likeness (QED) is 0.354. The van der Waals surface area contributed by atoms with Crippen LogP contribution in [0.15, 0.2) is 83.1 Å². The minimum absolute atomic E-state index is 0.184. The van der Waals surface area contributed by atoms with Crippen LogP contribution in [0.25, 0.3) is 5.57 Å². The second-order valence-electron chi connectivity index (χ2n) is 9.63. The van der Waals surface area contributed by atoms with Crippen molar-refractivity contribution in [1.82, 2.24) is 4.90 Å². The first-order chi connectivity index (χ1) is 17.2. The molecule has 3 aromatic rings. The normalized spacial score (nSPS) is 14.4. The van der Waals surface area contributed by atoms with E-state index in [1.54, 1.807) is 50.4 Å². The molecule has 4 nitrogen and oxygen atoms in total. The topological polar surface area (TPSA) is 54.5 Å². The van der Waals surface area contributed by atoms with Gasteiger partial charge in [-0.15, -0.1) is 0 Å². The number of carbonyl (C=O) groups excluding carboxylic acids is 1. The minimum Gasteiger partial charge on any atom is -0.337 e. The Morgan fingerprint density at radius 1 is 0.972 bits per heavy atom.